The summed E-state index contributed by atoms with van der Waals surface area (Å²) in [6.45, 7) is 0. The molecule has 9 aromatic carbocycles. The minimum absolute atomic E-state index is 0.879. The molecule has 0 amide bonds. The van der Waals surface area contributed by atoms with E-state index in [0.717, 1.165) is 33.1 Å². The second-order valence-corrected chi connectivity index (χ2v) is 13.6. The first-order valence-electron chi connectivity index (χ1n) is 17.7. The quantitative estimate of drug-likeness (QED) is 0.175. The van der Waals surface area contributed by atoms with Crippen LogP contribution in [0.3, 0.4) is 0 Å². The molecule has 0 aliphatic carbocycles. The van der Waals surface area contributed by atoms with Gasteiger partial charge in [0, 0.05) is 33.0 Å². The van der Waals surface area contributed by atoms with E-state index in [2.05, 4.69) is 164 Å². The standard InChI is InChI=1S/C50H30O2/c1-2-13-31(14-3-1)46-34-15-4-6-17-36(34)47(37-18-7-5-16-35(37)46)32-25-26-45-44(29-32)42-23-12-24-43(50(42)52-45)49-40-21-10-8-19-38(40)48(33-27-28-51-30-33)39-20-9-11-22-41(39)49/h1-30H. The van der Waals surface area contributed by atoms with Crippen LogP contribution in [0, 0.1) is 0 Å². The van der Waals surface area contributed by atoms with Crippen molar-refractivity contribution in [2.45, 2.75) is 0 Å². The van der Waals surface area contributed by atoms with Gasteiger partial charge in [0.25, 0.3) is 0 Å². The molecule has 11 aromatic rings. The van der Waals surface area contributed by atoms with E-state index in [1.807, 2.05) is 12.3 Å². The molecular formula is C50H30O2. The molecule has 52 heavy (non-hydrogen) atoms. The highest BCUT2D eigenvalue weighted by molar-refractivity contribution is 6.25. The van der Waals surface area contributed by atoms with Crippen LogP contribution in [0.5, 0.6) is 0 Å². The smallest absolute Gasteiger partial charge is 0.143 e. The highest BCUT2D eigenvalue weighted by atomic mass is 16.3. The van der Waals surface area contributed by atoms with Crippen LogP contribution in [0.25, 0.3) is 110 Å². The van der Waals surface area contributed by atoms with Gasteiger partial charge < -0.3 is 8.83 Å². The van der Waals surface area contributed by atoms with Crippen molar-refractivity contribution in [1.82, 2.24) is 0 Å². The van der Waals surface area contributed by atoms with Crippen molar-refractivity contribution in [1.29, 1.82) is 0 Å². The first-order chi connectivity index (χ1) is 25.8. The van der Waals surface area contributed by atoms with Gasteiger partial charge >= 0.3 is 0 Å². The molecule has 0 aliphatic rings. The molecular weight excluding hydrogens is 633 g/mol. The Morgan fingerprint density at radius 2 is 0.788 bits per heavy atom. The summed E-state index contributed by atoms with van der Waals surface area (Å²) in [7, 11) is 0. The molecule has 2 nitrogen and oxygen atoms in total. The van der Waals surface area contributed by atoms with Crippen LogP contribution in [0.4, 0.5) is 0 Å². The summed E-state index contributed by atoms with van der Waals surface area (Å²) < 4.78 is 12.4. The number of hydrogen-bond donors (Lipinski definition) is 0. The highest BCUT2D eigenvalue weighted by Crippen LogP contribution is 2.48. The van der Waals surface area contributed by atoms with Crippen molar-refractivity contribution in [3.63, 3.8) is 0 Å². The summed E-state index contributed by atoms with van der Waals surface area (Å²) in [6, 6.07) is 61.2. The molecule has 0 bridgehead atoms. The van der Waals surface area contributed by atoms with Gasteiger partial charge in [0.05, 0.1) is 12.5 Å². The number of hydrogen-bond acceptors (Lipinski definition) is 2. The maximum Gasteiger partial charge on any atom is 0.143 e. The number of rotatable bonds is 4. The average Bonchev–Trinajstić information content (AvgIpc) is 3.88. The molecule has 2 heteroatoms. The normalized spacial score (nSPS) is 11.8. The molecule has 0 radical (unpaired) electrons. The maximum atomic E-state index is 6.87. The third kappa shape index (κ3) is 4.19. The molecule has 11 rings (SSSR count). The van der Waals surface area contributed by atoms with Crippen molar-refractivity contribution in [3.05, 3.63) is 182 Å². The zero-order chi connectivity index (χ0) is 34.2. The minimum atomic E-state index is 0.879. The van der Waals surface area contributed by atoms with Crippen LogP contribution < -0.4 is 0 Å². The molecule has 0 aliphatic heterocycles. The van der Waals surface area contributed by atoms with Crippen molar-refractivity contribution >= 4 is 65.0 Å². The number of furan rings is 2. The number of fused-ring (bicyclic) bond motifs is 7. The van der Waals surface area contributed by atoms with Crippen molar-refractivity contribution in [2.24, 2.45) is 0 Å². The zero-order valence-corrected chi connectivity index (χ0v) is 28.1. The maximum absolute atomic E-state index is 6.87. The molecule has 0 unspecified atom stereocenters. The van der Waals surface area contributed by atoms with Gasteiger partial charge in [0.15, 0.2) is 0 Å². The molecule has 0 atom stereocenters. The predicted octanol–water partition coefficient (Wildman–Crippen LogP) is 14.5. The Balaban J connectivity index is 1.18. The molecule has 242 valence electrons. The second-order valence-electron chi connectivity index (χ2n) is 13.6. The first kappa shape index (κ1) is 28.9. The Kier molecular flexibility index (Phi) is 6.28. The van der Waals surface area contributed by atoms with Crippen LogP contribution >= 0.6 is 0 Å². The summed E-state index contributed by atoms with van der Waals surface area (Å²) in [5, 5.41) is 11.9. The summed E-state index contributed by atoms with van der Waals surface area (Å²) in [5.74, 6) is 0. The Labute approximate surface area is 299 Å². The molecule has 0 saturated heterocycles. The third-order valence-electron chi connectivity index (χ3n) is 10.8. The van der Waals surface area contributed by atoms with Crippen molar-refractivity contribution in [3.8, 4) is 44.5 Å². The summed E-state index contributed by atoms with van der Waals surface area (Å²) in [5.41, 5.74) is 11.2. The van der Waals surface area contributed by atoms with E-state index >= 15 is 0 Å². The van der Waals surface area contributed by atoms with Crippen molar-refractivity contribution in [2.75, 3.05) is 0 Å². The molecule has 2 aromatic heterocycles. The van der Waals surface area contributed by atoms with Crippen LogP contribution in [-0.2, 0) is 0 Å². The Bertz CT molecular complexity index is 3050. The fourth-order valence-electron chi connectivity index (χ4n) is 8.64. The van der Waals surface area contributed by atoms with Gasteiger partial charge in [0.2, 0.25) is 0 Å². The van der Waals surface area contributed by atoms with Gasteiger partial charge in [0.1, 0.15) is 11.2 Å². The van der Waals surface area contributed by atoms with Crippen LogP contribution in [0.2, 0.25) is 0 Å². The van der Waals surface area contributed by atoms with Gasteiger partial charge in [-0.2, -0.15) is 0 Å². The van der Waals surface area contributed by atoms with E-state index in [-0.39, 0.29) is 0 Å². The molecule has 0 saturated carbocycles. The van der Waals surface area contributed by atoms with E-state index < -0.39 is 0 Å². The SMILES string of the molecule is c1ccc(-c2c3ccccc3c(-c3ccc4oc5c(-c6c7ccccc7c(-c7ccoc7)c7ccccc67)cccc5c4c3)c3ccccc23)cc1. The summed E-state index contributed by atoms with van der Waals surface area (Å²) in [4.78, 5) is 0. The minimum Gasteiger partial charge on any atom is -0.472 e. The summed E-state index contributed by atoms with van der Waals surface area (Å²) in [6.07, 6.45) is 3.59. The van der Waals surface area contributed by atoms with E-state index in [1.165, 1.54) is 76.5 Å². The van der Waals surface area contributed by atoms with E-state index in [1.54, 1.807) is 6.26 Å². The third-order valence-corrected chi connectivity index (χ3v) is 10.8. The molecule has 0 fully saturated rings. The lowest BCUT2D eigenvalue weighted by Gasteiger charge is -2.17. The Morgan fingerprint density at radius 1 is 0.308 bits per heavy atom. The van der Waals surface area contributed by atoms with Crippen LogP contribution in [0.1, 0.15) is 0 Å². The summed E-state index contributed by atoms with van der Waals surface area (Å²) >= 11 is 0. The van der Waals surface area contributed by atoms with Gasteiger partial charge in [-0.15, -0.1) is 0 Å². The molecule has 0 spiro atoms. The van der Waals surface area contributed by atoms with E-state index in [0.29, 0.717) is 0 Å². The molecule has 2 heterocycles. The lowest BCUT2D eigenvalue weighted by molar-refractivity contribution is 0.568. The Morgan fingerprint density at radius 3 is 1.33 bits per heavy atom. The topological polar surface area (TPSA) is 26.3 Å². The highest BCUT2D eigenvalue weighted by Gasteiger charge is 2.22. The fraction of sp³-hybridized carbons (Fsp3) is 0. The lowest BCUT2D eigenvalue weighted by Crippen LogP contribution is -1.90. The van der Waals surface area contributed by atoms with Crippen molar-refractivity contribution < 1.29 is 8.83 Å². The first-order valence-corrected chi connectivity index (χ1v) is 17.7. The average molecular weight is 663 g/mol. The van der Waals surface area contributed by atoms with Gasteiger partial charge in [-0.05, 0) is 83.5 Å². The zero-order valence-electron chi connectivity index (χ0n) is 28.1. The van der Waals surface area contributed by atoms with Crippen LogP contribution in [0.15, 0.2) is 191 Å². The monoisotopic (exact) mass is 662 g/mol. The fourth-order valence-corrected chi connectivity index (χ4v) is 8.64. The number of para-hydroxylation sites is 1. The Hall–Kier alpha value is -6.90. The van der Waals surface area contributed by atoms with Gasteiger partial charge in [-0.25, -0.2) is 0 Å². The predicted molar refractivity (Wildman–Crippen MR) is 218 cm³/mol. The molecule has 0 N–H and O–H groups in total. The van der Waals surface area contributed by atoms with Gasteiger partial charge in [-0.3, -0.25) is 0 Å². The van der Waals surface area contributed by atoms with Crippen LogP contribution in [-0.4, -0.2) is 0 Å². The largest absolute Gasteiger partial charge is 0.472 e. The van der Waals surface area contributed by atoms with E-state index in [4.69, 9.17) is 8.83 Å². The second kappa shape index (κ2) is 11.3. The lowest BCUT2D eigenvalue weighted by atomic mass is 9.85. The number of benzene rings is 9. The van der Waals surface area contributed by atoms with Gasteiger partial charge in [-0.1, -0.05) is 152 Å². The van der Waals surface area contributed by atoms with E-state index in [9.17, 15) is 0 Å².